The lowest BCUT2D eigenvalue weighted by Gasteiger charge is -2.17. The highest BCUT2D eigenvalue weighted by Gasteiger charge is 2.51. The van der Waals surface area contributed by atoms with E-state index in [0.717, 1.165) is 40.9 Å². The molecule has 2 aromatic heterocycles. The summed E-state index contributed by atoms with van der Waals surface area (Å²) in [5.74, 6) is 1.33. The number of benzene rings is 2. The monoisotopic (exact) mass is 459 g/mol. The molecule has 1 saturated carbocycles. The number of anilines is 2. The SMILES string of the molecule is CN(C)c1ccc(-c2ccc(NC(=O)C3(c4cccc(Cl)c4)CC3)cc2-c2nnn[nH]2)cn1. The normalized spacial score (nSPS) is 14.0. The second kappa shape index (κ2) is 8.29. The highest BCUT2D eigenvalue weighted by atomic mass is 35.5. The van der Waals surface area contributed by atoms with Crippen molar-refractivity contribution in [2.24, 2.45) is 0 Å². The summed E-state index contributed by atoms with van der Waals surface area (Å²) in [6.45, 7) is 0. The van der Waals surface area contributed by atoms with Crippen molar-refractivity contribution in [2.75, 3.05) is 24.3 Å². The average Bonchev–Trinajstić information content (AvgIpc) is 3.46. The Morgan fingerprint density at radius 3 is 2.58 bits per heavy atom. The quantitative estimate of drug-likeness (QED) is 0.445. The first-order valence-electron chi connectivity index (χ1n) is 10.6. The van der Waals surface area contributed by atoms with E-state index in [1.54, 1.807) is 0 Å². The van der Waals surface area contributed by atoms with Crippen LogP contribution in [0.25, 0.3) is 22.5 Å². The van der Waals surface area contributed by atoms with Crippen LogP contribution in [0.1, 0.15) is 18.4 Å². The molecule has 0 radical (unpaired) electrons. The topological polar surface area (TPSA) is 99.7 Å². The number of tetrazole rings is 1. The Morgan fingerprint density at radius 2 is 1.94 bits per heavy atom. The lowest BCUT2D eigenvalue weighted by molar-refractivity contribution is -0.118. The number of H-pyrrole nitrogens is 1. The van der Waals surface area contributed by atoms with Crippen molar-refractivity contribution in [3.8, 4) is 22.5 Å². The number of hydrogen-bond donors (Lipinski definition) is 2. The maximum Gasteiger partial charge on any atom is 0.235 e. The van der Waals surface area contributed by atoms with E-state index in [9.17, 15) is 4.79 Å². The molecule has 33 heavy (non-hydrogen) atoms. The summed E-state index contributed by atoms with van der Waals surface area (Å²) >= 11 is 6.16. The van der Waals surface area contributed by atoms with Crippen molar-refractivity contribution in [3.05, 3.63) is 71.4 Å². The van der Waals surface area contributed by atoms with E-state index in [1.165, 1.54) is 0 Å². The fourth-order valence-electron chi connectivity index (χ4n) is 3.96. The summed E-state index contributed by atoms with van der Waals surface area (Å²) in [5, 5.41) is 18.0. The molecule has 2 aromatic carbocycles. The zero-order chi connectivity index (χ0) is 23.0. The maximum absolute atomic E-state index is 13.2. The molecule has 0 unspecified atom stereocenters. The molecule has 2 N–H and O–H groups in total. The molecule has 8 nitrogen and oxygen atoms in total. The van der Waals surface area contributed by atoms with Crippen LogP contribution in [0.3, 0.4) is 0 Å². The standard InChI is InChI=1S/C24H22ClN7O/c1-32(2)21-9-6-15(14-26-21)19-8-7-18(13-20(19)22-28-30-31-29-22)27-23(33)24(10-11-24)16-4-3-5-17(25)12-16/h3-9,12-14H,10-11H2,1-2H3,(H,27,33)(H,28,29,30,31). The van der Waals surface area contributed by atoms with Gasteiger partial charge in [-0.3, -0.25) is 4.79 Å². The molecular weight excluding hydrogens is 438 g/mol. The Bertz CT molecular complexity index is 1300. The number of carbonyl (C=O) groups excluding carboxylic acids is 1. The van der Waals surface area contributed by atoms with Gasteiger partial charge >= 0.3 is 0 Å². The number of pyridine rings is 1. The van der Waals surface area contributed by atoms with Gasteiger partial charge in [-0.15, -0.1) is 5.10 Å². The van der Waals surface area contributed by atoms with E-state index in [1.807, 2.05) is 79.8 Å². The summed E-state index contributed by atoms with van der Waals surface area (Å²) in [5.41, 5.74) is 3.66. The van der Waals surface area contributed by atoms with Gasteiger partial charge < -0.3 is 10.2 Å². The number of nitrogens with zero attached hydrogens (tertiary/aromatic N) is 5. The zero-order valence-electron chi connectivity index (χ0n) is 18.2. The summed E-state index contributed by atoms with van der Waals surface area (Å²) in [6, 6.07) is 17.2. The van der Waals surface area contributed by atoms with Crippen LogP contribution < -0.4 is 10.2 Å². The summed E-state index contributed by atoms with van der Waals surface area (Å²) in [4.78, 5) is 19.7. The largest absolute Gasteiger partial charge is 0.363 e. The van der Waals surface area contributed by atoms with Gasteiger partial charge in [0.2, 0.25) is 5.91 Å². The van der Waals surface area contributed by atoms with E-state index in [2.05, 4.69) is 30.9 Å². The minimum Gasteiger partial charge on any atom is -0.363 e. The number of aromatic nitrogens is 5. The Balaban J connectivity index is 1.47. The molecule has 1 aliphatic rings. The molecule has 2 heterocycles. The highest BCUT2D eigenvalue weighted by Crippen LogP contribution is 2.49. The second-order valence-electron chi connectivity index (χ2n) is 8.36. The highest BCUT2D eigenvalue weighted by molar-refractivity contribution is 6.30. The van der Waals surface area contributed by atoms with Gasteiger partial charge in [-0.2, -0.15) is 0 Å². The number of carbonyl (C=O) groups is 1. The number of hydrogen-bond acceptors (Lipinski definition) is 6. The third-order valence-electron chi connectivity index (χ3n) is 5.96. The van der Waals surface area contributed by atoms with Crippen LogP contribution in [0.5, 0.6) is 0 Å². The lowest BCUT2D eigenvalue weighted by atomic mass is 9.94. The molecule has 0 aliphatic heterocycles. The minimum atomic E-state index is -0.538. The summed E-state index contributed by atoms with van der Waals surface area (Å²) in [7, 11) is 3.89. The van der Waals surface area contributed by atoms with Crippen molar-refractivity contribution in [3.63, 3.8) is 0 Å². The number of rotatable bonds is 6. The third kappa shape index (κ3) is 4.05. The van der Waals surface area contributed by atoms with Crippen LogP contribution in [-0.2, 0) is 10.2 Å². The van der Waals surface area contributed by atoms with Gasteiger partial charge in [0.15, 0.2) is 5.82 Å². The Morgan fingerprint density at radius 1 is 1.09 bits per heavy atom. The predicted molar refractivity (Wildman–Crippen MR) is 128 cm³/mol. The second-order valence-corrected chi connectivity index (χ2v) is 8.79. The van der Waals surface area contributed by atoms with E-state index < -0.39 is 5.41 Å². The van der Waals surface area contributed by atoms with E-state index in [-0.39, 0.29) is 5.91 Å². The molecule has 1 amide bonds. The first-order chi connectivity index (χ1) is 16.0. The molecule has 9 heteroatoms. The van der Waals surface area contributed by atoms with Gasteiger partial charge in [-0.25, -0.2) is 10.1 Å². The van der Waals surface area contributed by atoms with E-state index in [4.69, 9.17) is 11.6 Å². The predicted octanol–water partition coefficient (Wildman–Crippen LogP) is 4.32. The Hall–Kier alpha value is -3.78. The van der Waals surface area contributed by atoms with Crippen molar-refractivity contribution in [2.45, 2.75) is 18.3 Å². The van der Waals surface area contributed by atoms with Crippen molar-refractivity contribution >= 4 is 29.0 Å². The molecule has 166 valence electrons. The van der Waals surface area contributed by atoms with Gasteiger partial charge in [-0.05, 0) is 70.8 Å². The van der Waals surface area contributed by atoms with Crippen LogP contribution in [0.2, 0.25) is 5.02 Å². The molecule has 1 fully saturated rings. The molecule has 0 spiro atoms. The van der Waals surface area contributed by atoms with Crippen LogP contribution in [0, 0.1) is 0 Å². The Labute approximate surface area is 196 Å². The van der Waals surface area contributed by atoms with Gasteiger partial charge in [0, 0.05) is 42.1 Å². The molecular formula is C24H22ClN7O. The molecule has 0 bridgehead atoms. The first kappa shape index (κ1) is 21.1. The van der Waals surface area contributed by atoms with E-state index in [0.29, 0.717) is 16.5 Å². The number of aromatic amines is 1. The van der Waals surface area contributed by atoms with Crippen LogP contribution in [0.15, 0.2) is 60.8 Å². The van der Waals surface area contributed by atoms with Gasteiger partial charge in [0.1, 0.15) is 5.82 Å². The van der Waals surface area contributed by atoms with Crippen LogP contribution in [-0.4, -0.2) is 45.6 Å². The zero-order valence-corrected chi connectivity index (χ0v) is 19.0. The number of amides is 1. The van der Waals surface area contributed by atoms with Crippen LogP contribution >= 0.6 is 11.6 Å². The fraction of sp³-hybridized carbons (Fsp3) is 0.208. The molecule has 0 saturated heterocycles. The molecule has 1 aliphatic carbocycles. The molecule has 5 rings (SSSR count). The third-order valence-corrected chi connectivity index (χ3v) is 6.19. The summed E-state index contributed by atoms with van der Waals surface area (Å²) in [6.07, 6.45) is 3.40. The number of halogens is 1. The van der Waals surface area contributed by atoms with Gasteiger partial charge in [0.05, 0.1) is 5.41 Å². The Kier molecular flexibility index (Phi) is 5.30. The molecule has 4 aromatic rings. The smallest absolute Gasteiger partial charge is 0.235 e. The maximum atomic E-state index is 13.2. The van der Waals surface area contributed by atoms with Crippen molar-refractivity contribution in [1.29, 1.82) is 0 Å². The average molecular weight is 460 g/mol. The van der Waals surface area contributed by atoms with E-state index >= 15 is 0 Å². The molecule has 0 atom stereocenters. The van der Waals surface area contributed by atoms with Gasteiger partial charge in [0.25, 0.3) is 0 Å². The lowest BCUT2D eigenvalue weighted by Crippen LogP contribution is -2.27. The first-order valence-corrected chi connectivity index (χ1v) is 10.9. The van der Waals surface area contributed by atoms with Crippen molar-refractivity contribution in [1.82, 2.24) is 25.6 Å². The van der Waals surface area contributed by atoms with Crippen LogP contribution in [0.4, 0.5) is 11.5 Å². The summed E-state index contributed by atoms with van der Waals surface area (Å²) < 4.78 is 0. The van der Waals surface area contributed by atoms with Gasteiger partial charge in [-0.1, -0.05) is 29.8 Å². The van der Waals surface area contributed by atoms with Crippen molar-refractivity contribution < 1.29 is 4.79 Å². The minimum absolute atomic E-state index is 0.0452. The number of nitrogens with one attached hydrogen (secondary N) is 2. The fourth-order valence-corrected chi connectivity index (χ4v) is 4.15.